The number of hydrogen-bond donors (Lipinski definition) is 3. The highest BCUT2D eigenvalue weighted by atomic mass is 32.2. The molecule has 1 aromatic carbocycles. The van der Waals surface area contributed by atoms with Crippen LogP contribution in [0, 0.1) is 5.92 Å². The van der Waals surface area contributed by atoms with Crippen LogP contribution < -0.4 is 10.6 Å². The molecule has 152 valence electrons. The van der Waals surface area contributed by atoms with Crippen LogP contribution in [0.3, 0.4) is 0 Å². The number of nitrogens with zero attached hydrogens (tertiary/aromatic N) is 1. The molecule has 0 bridgehead atoms. The van der Waals surface area contributed by atoms with E-state index in [1.807, 2.05) is 6.92 Å². The van der Waals surface area contributed by atoms with Gasteiger partial charge in [-0.15, -0.1) is 0 Å². The zero-order chi connectivity index (χ0) is 20.6. The van der Waals surface area contributed by atoms with E-state index < -0.39 is 27.9 Å². The molecule has 0 aliphatic heterocycles. The molecular weight excluding hydrogens is 370 g/mol. The summed E-state index contributed by atoms with van der Waals surface area (Å²) in [6.07, 6.45) is 0.675. The first-order chi connectivity index (χ1) is 12.7. The molecule has 0 fully saturated rings. The van der Waals surface area contributed by atoms with Crippen LogP contribution in [-0.2, 0) is 19.6 Å². The Morgan fingerprint density at radius 2 is 1.67 bits per heavy atom. The van der Waals surface area contributed by atoms with Gasteiger partial charge in [0.1, 0.15) is 6.04 Å². The van der Waals surface area contributed by atoms with Gasteiger partial charge in [0.25, 0.3) is 0 Å². The minimum atomic E-state index is -3.55. The standard InChI is InChI=1S/C18H29N3O5S/c1-5-13(4)17(18(23)24)19-12-16(22)20-14-8-10-15(11-9-14)27(25,26)21(6-2)7-3/h8-11,13,17,19H,5-7,12H2,1-4H3,(H,20,22)(H,23,24)/t13-,17-/m0/s1. The van der Waals surface area contributed by atoms with E-state index >= 15 is 0 Å². The predicted octanol–water partition coefficient (Wildman–Crippen LogP) is 1.74. The molecule has 27 heavy (non-hydrogen) atoms. The van der Waals surface area contributed by atoms with Gasteiger partial charge in [-0.1, -0.05) is 34.1 Å². The Hall–Kier alpha value is -1.97. The third-order valence-corrected chi connectivity index (χ3v) is 6.51. The topological polar surface area (TPSA) is 116 Å². The van der Waals surface area contributed by atoms with Crippen LogP contribution in [0.1, 0.15) is 34.1 Å². The maximum absolute atomic E-state index is 12.4. The largest absolute Gasteiger partial charge is 0.480 e. The molecule has 8 nitrogen and oxygen atoms in total. The Bertz CT molecular complexity index is 730. The fourth-order valence-electron chi connectivity index (χ4n) is 2.60. The second kappa shape index (κ2) is 10.4. The van der Waals surface area contributed by atoms with Crippen molar-refractivity contribution in [1.29, 1.82) is 0 Å². The molecule has 0 saturated heterocycles. The Balaban J connectivity index is 2.73. The van der Waals surface area contributed by atoms with Gasteiger partial charge in [0, 0.05) is 18.8 Å². The second-order valence-electron chi connectivity index (χ2n) is 6.24. The lowest BCUT2D eigenvalue weighted by Gasteiger charge is -2.20. The third-order valence-electron chi connectivity index (χ3n) is 4.44. The molecule has 1 aromatic rings. The normalized spacial score (nSPS) is 14.0. The molecule has 0 unspecified atom stereocenters. The van der Waals surface area contributed by atoms with Crippen molar-refractivity contribution in [3.05, 3.63) is 24.3 Å². The second-order valence-corrected chi connectivity index (χ2v) is 8.18. The van der Waals surface area contributed by atoms with Gasteiger partial charge in [0.05, 0.1) is 11.4 Å². The minimum absolute atomic E-state index is 0.111. The number of carbonyl (C=O) groups excluding carboxylic acids is 1. The van der Waals surface area contributed by atoms with Gasteiger partial charge in [-0.25, -0.2) is 8.42 Å². The first-order valence-electron chi connectivity index (χ1n) is 9.03. The molecule has 2 atom stereocenters. The summed E-state index contributed by atoms with van der Waals surface area (Å²) in [6.45, 7) is 7.84. The number of carboxylic acids is 1. The predicted molar refractivity (Wildman–Crippen MR) is 104 cm³/mol. The van der Waals surface area contributed by atoms with Crippen LogP contribution in [0.15, 0.2) is 29.2 Å². The van der Waals surface area contributed by atoms with E-state index in [4.69, 9.17) is 0 Å². The molecular formula is C18H29N3O5S. The summed E-state index contributed by atoms with van der Waals surface area (Å²) < 4.78 is 26.2. The Morgan fingerprint density at radius 3 is 2.11 bits per heavy atom. The highest BCUT2D eigenvalue weighted by Gasteiger charge is 2.24. The van der Waals surface area contributed by atoms with E-state index in [0.717, 1.165) is 0 Å². The number of hydrogen-bond acceptors (Lipinski definition) is 5. The summed E-state index contributed by atoms with van der Waals surface area (Å²) >= 11 is 0. The number of anilines is 1. The van der Waals surface area contributed by atoms with E-state index in [1.54, 1.807) is 20.8 Å². The average molecular weight is 400 g/mol. The molecule has 1 rings (SSSR count). The van der Waals surface area contributed by atoms with Crippen molar-refractivity contribution in [2.75, 3.05) is 25.0 Å². The molecule has 0 aromatic heterocycles. The number of aliphatic carboxylic acids is 1. The van der Waals surface area contributed by atoms with Crippen molar-refractivity contribution in [1.82, 2.24) is 9.62 Å². The minimum Gasteiger partial charge on any atom is -0.480 e. The highest BCUT2D eigenvalue weighted by Crippen LogP contribution is 2.18. The molecule has 0 aliphatic carbocycles. The number of nitrogens with one attached hydrogen (secondary N) is 2. The third kappa shape index (κ3) is 6.30. The zero-order valence-corrected chi connectivity index (χ0v) is 17.0. The van der Waals surface area contributed by atoms with E-state index in [-0.39, 0.29) is 17.4 Å². The average Bonchev–Trinajstić information content (AvgIpc) is 2.62. The van der Waals surface area contributed by atoms with Gasteiger partial charge in [-0.3, -0.25) is 14.9 Å². The van der Waals surface area contributed by atoms with Gasteiger partial charge in [-0.2, -0.15) is 4.31 Å². The molecule has 9 heteroatoms. The number of carbonyl (C=O) groups is 2. The van der Waals surface area contributed by atoms with E-state index in [9.17, 15) is 23.1 Å². The van der Waals surface area contributed by atoms with Crippen LogP contribution in [0.4, 0.5) is 5.69 Å². The monoisotopic (exact) mass is 399 g/mol. The van der Waals surface area contributed by atoms with Crippen molar-refractivity contribution in [3.8, 4) is 0 Å². The zero-order valence-electron chi connectivity index (χ0n) is 16.2. The highest BCUT2D eigenvalue weighted by molar-refractivity contribution is 7.89. The first kappa shape index (κ1) is 23.1. The van der Waals surface area contributed by atoms with Crippen LogP contribution in [0.5, 0.6) is 0 Å². The summed E-state index contributed by atoms with van der Waals surface area (Å²) in [5.74, 6) is -1.51. The summed E-state index contributed by atoms with van der Waals surface area (Å²) in [6, 6.07) is 5.10. The van der Waals surface area contributed by atoms with Crippen LogP contribution >= 0.6 is 0 Å². The molecule has 0 saturated carbocycles. The van der Waals surface area contributed by atoms with Crippen LogP contribution in [0.2, 0.25) is 0 Å². The number of rotatable bonds is 11. The van der Waals surface area contributed by atoms with Crippen LogP contribution in [-0.4, -0.2) is 55.4 Å². The maximum atomic E-state index is 12.4. The summed E-state index contributed by atoms with van der Waals surface area (Å²) in [5, 5.41) is 14.6. The fraction of sp³-hybridized carbons (Fsp3) is 0.556. The lowest BCUT2D eigenvalue weighted by molar-refractivity contribution is -0.140. The number of benzene rings is 1. The van der Waals surface area contributed by atoms with Gasteiger partial charge in [0.15, 0.2) is 0 Å². The van der Waals surface area contributed by atoms with E-state index in [1.165, 1.54) is 28.6 Å². The molecule has 0 aliphatic rings. The maximum Gasteiger partial charge on any atom is 0.320 e. The molecule has 3 N–H and O–H groups in total. The van der Waals surface area contributed by atoms with Crippen molar-refractivity contribution < 1.29 is 23.1 Å². The summed E-state index contributed by atoms with van der Waals surface area (Å²) in [7, 11) is -3.55. The number of sulfonamides is 1. The van der Waals surface area contributed by atoms with Gasteiger partial charge >= 0.3 is 5.97 Å². The van der Waals surface area contributed by atoms with Crippen LogP contribution in [0.25, 0.3) is 0 Å². The molecule has 0 radical (unpaired) electrons. The lowest BCUT2D eigenvalue weighted by Crippen LogP contribution is -2.45. The van der Waals surface area contributed by atoms with Crippen molar-refractivity contribution in [2.24, 2.45) is 5.92 Å². The first-order valence-corrected chi connectivity index (χ1v) is 10.5. The van der Waals surface area contributed by atoms with Gasteiger partial charge in [-0.05, 0) is 30.2 Å². The molecule has 0 spiro atoms. The van der Waals surface area contributed by atoms with E-state index in [2.05, 4.69) is 10.6 Å². The Labute approximate surface area is 161 Å². The lowest BCUT2D eigenvalue weighted by atomic mass is 9.99. The van der Waals surface area contributed by atoms with Crippen molar-refractivity contribution >= 4 is 27.6 Å². The fourth-order valence-corrected chi connectivity index (χ4v) is 4.06. The summed E-state index contributed by atoms with van der Waals surface area (Å²) in [4.78, 5) is 23.4. The van der Waals surface area contributed by atoms with Crippen molar-refractivity contribution in [3.63, 3.8) is 0 Å². The Morgan fingerprint density at radius 1 is 1.11 bits per heavy atom. The Kier molecular flexibility index (Phi) is 8.87. The van der Waals surface area contributed by atoms with E-state index in [0.29, 0.717) is 25.2 Å². The molecule has 1 amide bonds. The quantitative estimate of drug-likeness (QED) is 0.522. The SMILES string of the molecule is CC[C@H](C)[C@H](NCC(=O)Nc1ccc(S(=O)(=O)N(CC)CC)cc1)C(=O)O. The van der Waals surface area contributed by atoms with Gasteiger partial charge in [0.2, 0.25) is 15.9 Å². The van der Waals surface area contributed by atoms with Crippen molar-refractivity contribution in [2.45, 2.75) is 45.1 Å². The smallest absolute Gasteiger partial charge is 0.320 e. The number of carboxylic acid groups (broad SMARTS) is 1. The number of amides is 1. The van der Waals surface area contributed by atoms with Gasteiger partial charge < -0.3 is 10.4 Å². The summed E-state index contributed by atoms with van der Waals surface area (Å²) in [5.41, 5.74) is 0.440. The molecule has 0 heterocycles.